The van der Waals surface area contributed by atoms with Gasteiger partial charge in [-0.1, -0.05) is 131 Å². The summed E-state index contributed by atoms with van der Waals surface area (Å²) in [4.78, 5) is 0. The van der Waals surface area contributed by atoms with E-state index in [1.807, 2.05) is 0 Å². The first-order valence-electron chi connectivity index (χ1n) is 11.7. The van der Waals surface area contributed by atoms with Crippen molar-refractivity contribution in [2.24, 2.45) is 0 Å². The summed E-state index contributed by atoms with van der Waals surface area (Å²) in [6.07, 6.45) is 0. The summed E-state index contributed by atoms with van der Waals surface area (Å²) in [6, 6.07) is 45.6. The van der Waals surface area contributed by atoms with Crippen molar-refractivity contribution in [3.05, 3.63) is 148 Å². The van der Waals surface area contributed by atoms with Gasteiger partial charge in [-0.3, -0.25) is 0 Å². The average molecular weight is 643 g/mol. The van der Waals surface area contributed by atoms with Crippen LogP contribution >= 0.6 is 24.8 Å². The summed E-state index contributed by atoms with van der Waals surface area (Å²) < 4.78 is 0. The van der Waals surface area contributed by atoms with Crippen LogP contribution in [0.3, 0.4) is 0 Å². The molecule has 7 aromatic carbocycles. The van der Waals surface area contributed by atoms with E-state index < -0.39 is 0 Å². The zero-order valence-electron chi connectivity index (χ0n) is 22.4. The van der Waals surface area contributed by atoms with Crippen molar-refractivity contribution in [2.45, 2.75) is 6.92 Å². The summed E-state index contributed by atoms with van der Waals surface area (Å²) in [5.41, 5.74) is 3.92. The maximum atomic E-state index is 3.06. The summed E-state index contributed by atoms with van der Waals surface area (Å²) in [5.74, 6) is 0. The van der Waals surface area contributed by atoms with Gasteiger partial charge in [0.25, 0.3) is 0 Å². The fourth-order valence-electron chi connectivity index (χ4n) is 4.88. The number of halogens is 2. The molecule has 0 aliphatic carbocycles. The molecule has 0 unspecified atom stereocenters. The third-order valence-electron chi connectivity index (χ3n) is 6.48. The molecule has 0 bridgehead atoms. The van der Waals surface area contributed by atoms with E-state index in [-0.39, 0.29) is 39.7 Å². The molecule has 39 heavy (non-hydrogen) atoms. The topological polar surface area (TPSA) is 0 Å². The van der Waals surface area contributed by atoms with E-state index in [2.05, 4.69) is 141 Å². The SMILES string of the molecule is Cc1cc2ccc3ccccc3c2[cH-]1.Cl.Cl.[CH3-].[CH3-].[Si]=[Zr].c1ccc(-c2cc3ccc4ccccc4c3[cH-]2)cc1. The Balaban J connectivity index is 0.000000345. The Labute approximate surface area is 262 Å². The van der Waals surface area contributed by atoms with Crippen LogP contribution in [0.5, 0.6) is 0 Å². The molecule has 0 saturated heterocycles. The quantitative estimate of drug-likeness (QED) is 0.123. The molecule has 4 heteroatoms. The van der Waals surface area contributed by atoms with Gasteiger partial charge in [0, 0.05) is 0 Å². The molecular formula is C35H32Cl2SiZr-4. The summed E-state index contributed by atoms with van der Waals surface area (Å²) in [7, 11) is 0. The van der Waals surface area contributed by atoms with Crippen molar-refractivity contribution in [3.63, 3.8) is 0 Å². The molecule has 0 nitrogen and oxygen atoms in total. The molecule has 2 radical (unpaired) electrons. The van der Waals surface area contributed by atoms with Gasteiger partial charge in [0.1, 0.15) is 0 Å². The minimum absolute atomic E-state index is 0. The standard InChI is InChI=1S/C19H13.C14H11.2CH3.2ClH.Si.Zr/c1-2-6-14(7-3-1)17-12-16-11-10-15-8-4-5-9-18(15)19(16)13-17;1-10-8-12-7-6-11-4-2-3-5-13(11)14(12)9-10;;;;;;/h1-13H;2-9H,1H3;2*1H3;2*1H;;/q4*-1;;;;. The van der Waals surface area contributed by atoms with E-state index in [1.165, 1.54) is 83.1 Å². The van der Waals surface area contributed by atoms with Crippen molar-refractivity contribution in [1.82, 2.24) is 0 Å². The fourth-order valence-corrected chi connectivity index (χ4v) is 4.88. The van der Waals surface area contributed by atoms with Crippen LogP contribution in [0.4, 0.5) is 0 Å². The average Bonchev–Trinajstić information content (AvgIpc) is 3.54. The molecule has 0 heterocycles. The molecule has 0 amide bonds. The normalized spacial score (nSPS) is 9.54. The van der Waals surface area contributed by atoms with Crippen molar-refractivity contribution in [2.75, 3.05) is 0 Å². The van der Waals surface area contributed by atoms with Crippen molar-refractivity contribution in [1.29, 1.82) is 0 Å². The first kappa shape index (κ1) is 34.5. The number of aryl methyl sites for hydroxylation is 1. The predicted octanol–water partition coefficient (Wildman–Crippen LogP) is 10.8. The second kappa shape index (κ2) is 15.9. The van der Waals surface area contributed by atoms with Crippen LogP contribution in [0.2, 0.25) is 0 Å². The number of hydrogen-bond donors (Lipinski definition) is 0. The minimum Gasteiger partial charge on any atom is -0.145 e. The minimum atomic E-state index is 0. The van der Waals surface area contributed by atoms with E-state index in [0.717, 1.165) is 0 Å². The first-order chi connectivity index (χ1) is 17.3. The van der Waals surface area contributed by atoms with Gasteiger partial charge in [-0.15, -0.1) is 81.8 Å². The Kier molecular flexibility index (Phi) is 14.1. The predicted molar refractivity (Wildman–Crippen MR) is 177 cm³/mol. The van der Waals surface area contributed by atoms with Gasteiger partial charge in [0.2, 0.25) is 0 Å². The molecule has 0 N–H and O–H groups in total. The summed E-state index contributed by atoms with van der Waals surface area (Å²) >= 11 is 1.36. The zero-order chi connectivity index (χ0) is 24.2. The van der Waals surface area contributed by atoms with Crippen LogP contribution in [0.15, 0.2) is 127 Å². The third-order valence-corrected chi connectivity index (χ3v) is 6.48. The van der Waals surface area contributed by atoms with Gasteiger partial charge in [0.05, 0.1) is 0 Å². The van der Waals surface area contributed by atoms with Crippen LogP contribution in [-0.4, -0.2) is 6.88 Å². The number of rotatable bonds is 1. The van der Waals surface area contributed by atoms with E-state index in [1.54, 1.807) is 0 Å². The van der Waals surface area contributed by atoms with E-state index in [4.69, 9.17) is 0 Å². The van der Waals surface area contributed by atoms with Crippen LogP contribution in [0.25, 0.3) is 54.2 Å². The van der Waals surface area contributed by atoms with Gasteiger partial charge < -0.3 is 14.9 Å². The second-order valence-electron chi connectivity index (χ2n) is 8.72. The summed E-state index contributed by atoms with van der Waals surface area (Å²) in [6.45, 7) is 5.21. The largest absolute Gasteiger partial charge is 0.145 e. The smallest absolute Gasteiger partial charge is 0.0520 e. The van der Waals surface area contributed by atoms with E-state index in [0.29, 0.717) is 0 Å². The maximum Gasteiger partial charge on any atom is -0.0520 e. The molecule has 0 aliphatic heterocycles. The van der Waals surface area contributed by atoms with Crippen LogP contribution in [0, 0.1) is 21.8 Å². The maximum absolute atomic E-state index is 3.06. The van der Waals surface area contributed by atoms with Crippen molar-refractivity contribution < 1.29 is 23.3 Å². The Bertz CT molecular complexity index is 1750. The molecule has 0 atom stereocenters. The monoisotopic (exact) mass is 640 g/mol. The molecule has 7 rings (SSSR count). The van der Waals surface area contributed by atoms with Crippen molar-refractivity contribution >= 4 is 74.8 Å². The van der Waals surface area contributed by atoms with Gasteiger partial charge in [-0.05, 0) is 0 Å². The molecule has 7 aromatic rings. The number of fused-ring (bicyclic) bond motifs is 6. The van der Waals surface area contributed by atoms with Crippen LogP contribution < -0.4 is 0 Å². The molecule has 0 aliphatic rings. The van der Waals surface area contributed by atoms with Gasteiger partial charge in [-0.25, -0.2) is 0 Å². The van der Waals surface area contributed by atoms with Crippen LogP contribution in [-0.2, 0) is 23.3 Å². The number of hydrogen-bond acceptors (Lipinski definition) is 0. The molecule has 0 spiro atoms. The van der Waals surface area contributed by atoms with Gasteiger partial charge in [0.15, 0.2) is 0 Å². The molecule has 198 valence electrons. The first-order valence-corrected chi connectivity index (χ1v) is 15.9. The summed E-state index contributed by atoms with van der Waals surface area (Å²) in [5, 5.41) is 10.7. The molecule has 0 saturated carbocycles. The molecular weight excluding hydrogens is 611 g/mol. The van der Waals surface area contributed by atoms with Crippen LogP contribution in [0.1, 0.15) is 5.56 Å². The van der Waals surface area contributed by atoms with Gasteiger partial charge >= 0.3 is 30.2 Å². The second-order valence-corrected chi connectivity index (χ2v) is 8.72. The fraction of sp³-hybridized carbons (Fsp3) is 0.0286. The van der Waals surface area contributed by atoms with E-state index in [9.17, 15) is 0 Å². The molecule has 0 fully saturated rings. The Morgan fingerprint density at radius 1 is 0.513 bits per heavy atom. The Morgan fingerprint density at radius 3 is 1.51 bits per heavy atom. The third kappa shape index (κ3) is 7.38. The molecule has 0 aromatic heterocycles. The van der Waals surface area contributed by atoms with Crippen molar-refractivity contribution in [3.8, 4) is 11.1 Å². The van der Waals surface area contributed by atoms with E-state index >= 15 is 0 Å². The van der Waals surface area contributed by atoms with Gasteiger partial charge in [-0.2, -0.15) is 6.07 Å². The zero-order valence-corrected chi connectivity index (χ0v) is 27.5. The Morgan fingerprint density at radius 2 is 0.949 bits per heavy atom. The number of benzene rings is 5. The Hall–Kier alpha value is -2.48.